The molecule has 0 aliphatic carbocycles. The Labute approximate surface area is 120 Å². The number of hydrogen-bond donors (Lipinski definition) is 2. The molecule has 0 saturated heterocycles. The number of carbonyl (C=O) groups excluding carboxylic acids is 2. The molecular weight excluding hydrogens is 309 g/mol. The summed E-state index contributed by atoms with van der Waals surface area (Å²) in [5.41, 5.74) is 4.89. The second-order valence-electron chi connectivity index (χ2n) is 3.80. The molecule has 22 heavy (non-hydrogen) atoms. The maximum absolute atomic E-state index is 12.0. The molecule has 0 radical (unpaired) electrons. The quantitative estimate of drug-likeness (QED) is 0.877. The van der Waals surface area contributed by atoms with Gasteiger partial charge in [0.2, 0.25) is 0 Å². The minimum Gasteiger partial charge on any atom is -0.406 e. The van der Waals surface area contributed by atoms with E-state index in [1.807, 2.05) is 0 Å². The lowest BCUT2D eigenvalue weighted by molar-refractivity contribution is -0.274. The van der Waals surface area contributed by atoms with Gasteiger partial charge in [0.25, 0.3) is 5.91 Å². The van der Waals surface area contributed by atoms with Crippen LogP contribution >= 0.6 is 0 Å². The average molecular weight is 316 g/mol. The van der Waals surface area contributed by atoms with Gasteiger partial charge in [0.15, 0.2) is 0 Å². The van der Waals surface area contributed by atoms with Crippen LogP contribution in [0.15, 0.2) is 28.7 Å². The van der Waals surface area contributed by atoms with E-state index in [0.29, 0.717) is 0 Å². The van der Waals surface area contributed by atoms with E-state index in [9.17, 15) is 22.8 Å². The van der Waals surface area contributed by atoms with E-state index in [2.05, 4.69) is 20.3 Å². The molecule has 1 aromatic carbocycles. The first kappa shape index (κ1) is 15.3. The maximum Gasteiger partial charge on any atom is 0.573 e. The Bertz CT molecular complexity index is 696. The smallest absolute Gasteiger partial charge is 0.406 e. The molecule has 116 valence electrons. The number of primary amides is 1. The number of hydrogen-bond acceptors (Lipinski definition) is 6. The van der Waals surface area contributed by atoms with E-state index >= 15 is 0 Å². The molecule has 0 saturated carbocycles. The van der Waals surface area contributed by atoms with E-state index in [0.717, 1.165) is 24.3 Å². The monoisotopic (exact) mass is 316 g/mol. The Kier molecular flexibility index (Phi) is 3.97. The number of ether oxygens (including phenoxy) is 1. The molecule has 11 heteroatoms. The lowest BCUT2D eigenvalue weighted by Crippen LogP contribution is -2.17. The van der Waals surface area contributed by atoms with Crippen molar-refractivity contribution < 1.29 is 31.9 Å². The summed E-state index contributed by atoms with van der Waals surface area (Å²) in [6, 6.07) is 3.74. The van der Waals surface area contributed by atoms with E-state index in [1.165, 1.54) is 0 Å². The first-order valence-corrected chi connectivity index (χ1v) is 5.55. The lowest BCUT2D eigenvalue weighted by atomic mass is 10.2. The third-order valence-corrected chi connectivity index (χ3v) is 2.21. The molecule has 0 fully saturated rings. The highest BCUT2D eigenvalue weighted by molar-refractivity contribution is 6.03. The first-order valence-electron chi connectivity index (χ1n) is 5.55. The zero-order valence-electron chi connectivity index (χ0n) is 10.5. The summed E-state index contributed by atoms with van der Waals surface area (Å²) >= 11 is 0. The third-order valence-electron chi connectivity index (χ3n) is 2.21. The summed E-state index contributed by atoms with van der Waals surface area (Å²) in [7, 11) is 0. The predicted molar refractivity (Wildman–Crippen MR) is 63.9 cm³/mol. The SMILES string of the molecule is NC(=O)c1nnc(NC(=O)c2ccc(OC(F)(F)F)cc2)o1. The van der Waals surface area contributed by atoms with Gasteiger partial charge in [-0.2, -0.15) is 0 Å². The number of anilines is 1. The van der Waals surface area contributed by atoms with Gasteiger partial charge in [-0.05, 0) is 24.3 Å². The molecule has 0 spiro atoms. The molecule has 1 heterocycles. The Morgan fingerprint density at radius 2 is 1.82 bits per heavy atom. The maximum atomic E-state index is 12.0. The van der Waals surface area contributed by atoms with Crippen molar-refractivity contribution in [1.29, 1.82) is 0 Å². The summed E-state index contributed by atoms with van der Waals surface area (Å²) in [6.07, 6.45) is -4.82. The Morgan fingerprint density at radius 1 is 1.18 bits per heavy atom. The fraction of sp³-hybridized carbons (Fsp3) is 0.0909. The molecule has 0 unspecified atom stereocenters. The molecule has 0 atom stereocenters. The van der Waals surface area contributed by atoms with Crippen molar-refractivity contribution in [3.8, 4) is 5.75 Å². The van der Waals surface area contributed by atoms with Crippen LogP contribution in [0.5, 0.6) is 5.75 Å². The van der Waals surface area contributed by atoms with Crippen molar-refractivity contribution in [2.75, 3.05) is 5.32 Å². The van der Waals surface area contributed by atoms with Crippen molar-refractivity contribution in [3.63, 3.8) is 0 Å². The largest absolute Gasteiger partial charge is 0.573 e. The highest BCUT2D eigenvalue weighted by Gasteiger charge is 2.31. The highest BCUT2D eigenvalue weighted by atomic mass is 19.4. The van der Waals surface area contributed by atoms with Gasteiger partial charge >= 0.3 is 24.2 Å². The molecule has 2 amide bonds. The number of alkyl halides is 3. The molecule has 8 nitrogen and oxygen atoms in total. The van der Waals surface area contributed by atoms with Crippen LogP contribution in [0.2, 0.25) is 0 Å². The first-order chi connectivity index (χ1) is 10.2. The molecule has 2 aromatic rings. The standard InChI is InChI=1S/C11H7F3N4O4/c12-11(13,14)22-6-3-1-5(2-4-6)8(20)16-10-18-17-9(21-10)7(15)19/h1-4H,(H2,15,19)(H,16,18,20). The zero-order chi connectivity index (χ0) is 16.3. The topological polar surface area (TPSA) is 120 Å². The van der Waals surface area contributed by atoms with Crippen LogP contribution in [0.25, 0.3) is 0 Å². The van der Waals surface area contributed by atoms with Crippen LogP contribution < -0.4 is 15.8 Å². The molecule has 0 aliphatic heterocycles. The van der Waals surface area contributed by atoms with Crippen LogP contribution in [0.1, 0.15) is 21.0 Å². The second-order valence-corrected chi connectivity index (χ2v) is 3.80. The molecule has 0 aliphatic rings. The Hall–Kier alpha value is -3.11. The van der Waals surface area contributed by atoms with Crippen LogP contribution in [-0.2, 0) is 0 Å². The number of aromatic nitrogens is 2. The molecule has 0 bridgehead atoms. The molecule has 1 aromatic heterocycles. The third kappa shape index (κ3) is 3.94. The van der Waals surface area contributed by atoms with Crippen LogP contribution in [0, 0.1) is 0 Å². The molecular formula is C11H7F3N4O4. The minimum atomic E-state index is -4.82. The summed E-state index contributed by atoms with van der Waals surface area (Å²) in [6.45, 7) is 0. The number of halogens is 3. The lowest BCUT2D eigenvalue weighted by Gasteiger charge is -2.08. The van der Waals surface area contributed by atoms with Crippen molar-refractivity contribution in [1.82, 2.24) is 10.2 Å². The van der Waals surface area contributed by atoms with E-state index in [4.69, 9.17) is 10.2 Å². The van der Waals surface area contributed by atoms with Crippen molar-refractivity contribution in [2.24, 2.45) is 5.73 Å². The fourth-order valence-electron chi connectivity index (χ4n) is 1.35. The number of benzene rings is 1. The van der Waals surface area contributed by atoms with Crippen molar-refractivity contribution >= 4 is 17.8 Å². The van der Waals surface area contributed by atoms with Crippen molar-refractivity contribution in [3.05, 3.63) is 35.7 Å². The number of nitrogens with two attached hydrogens (primary N) is 1. The van der Waals surface area contributed by atoms with Crippen LogP contribution in [0.3, 0.4) is 0 Å². The van der Waals surface area contributed by atoms with Gasteiger partial charge < -0.3 is 14.9 Å². The van der Waals surface area contributed by atoms with Crippen LogP contribution in [0.4, 0.5) is 19.2 Å². The number of amides is 2. The van der Waals surface area contributed by atoms with Gasteiger partial charge in [-0.3, -0.25) is 14.9 Å². The number of nitrogens with zero attached hydrogens (tertiary/aromatic N) is 2. The van der Waals surface area contributed by atoms with E-state index in [-0.39, 0.29) is 11.6 Å². The number of carbonyl (C=O) groups is 2. The van der Waals surface area contributed by atoms with Gasteiger partial charge in [0.05, 0.1) is 0 Å². The summed E-state index contributed by atoms with van der Waals surface area (Å²) in [5.74, 6) is -2.68. The highest BCUT2D eigenvalue weighted by Crippen LogP contribution is 2.22. The van der Waals surface area contributed by atoms with Gasteiger partial charge in [0.1, 0.15) is 5.75 Å². The summed E-state index contributed by atoms with van der Waals surface area (Å²) in [5, 5.41) is 8.76. The van der Waals surface area contributed by atoms with Gasteiger partial charge in [-0.15, -0.1) is 18.3 Å². The fourth-order valence-corrected chi connectivity index (χ4v) is 1.35. The van der Waals surface area contributed by atoms with E-state index in [1.54, 1.807) is 0 Å². The van der Waals surface area contributed by atoms with Gasteiger partial charge in [0, 0.05) is 5.56 Å². The van der Waals surface area contributed by atoms with Gasteiger partial charge in [-0.1, -0.05) is 5.10 Å². The predicted octanol–water partition coefficient (Wildman–Crippen LogP) is 1.32. The van der Waals surface area contributed by atoms with Gasteiger partial charge in [-0.25, -0.2) is 0 Å². The minimum absolute atomic E-state index is 0.00773. The number of rotatable bonds is 4. The number of nitrogens with one attached hydrogen (secondary N) is 1. The normalized spacial score (nSPS) is 11.0. The Balaban J connectivity index is 2.04. The molecule has 3 N–H and O–H groups in total. The van der Waals surface area contributed by atoms with E-state index < -0.39 is 29.8 Å². The van der Waals surface area contributed by atoms with Crippen molar-refractivity contribution in [2.45, 2.75) is 6.36 Å². The Morgan fingerprint density at radius 3 is 2.32 bits per heavy atom. The zero-order valence-corrected chi connectivity index (χ0v) is 10.5. The molecule has 2 rings (SSSR count). The summed E-state index contributed by atoms with van der Waals surface area (Å²) < 4.78 is 44.4. The summed E-state index contributed by atoms with van der Waals surface area (Å²) in [4.78, 5) is 22.5. The average Bonchev–Trinajstić information content (AvgIpc) is 2.86. The second kappa shape index (κ2) is 5.71. The van der Waals surface area contributed by atoms with Crippen LogP contribution in [-0.4, -0.2) is 28.4 Å².